The normalized spacial score (nSPS) is 10.7. The van der Waals surface area contributed by atoms with E-state index >= 15 is 0 Å². The molecule has 0 heterocycles. The van der Waals surface area contributed by atoms with Crippen molar-refractivity contribution < 1.29 is 13.9 Å². The molecule has 1 N–H and O–H groups in total. The van der Waals surface area contributed by atoms with Gasteiger partial charge in [0.2, 0.25) is 0 Å². The Morgan fingerprint density at radius 2 is 1.94 bits per heavy atom. The van der Waals surface area contributed by atoms with E-state index in [-0.39, 0.29) is 11.1 Å². The maximum Gasteiger partial charge on any atom is 0.274 e. The number of halogens is 3. The summed E-state index contributed by atoms with van der Waals surface area (Å²) in [5.74, 6) is -0.685. The minimum absolute atomic E-state index is 0.145. The second kappa shape index (κ2) is 10.7. The van der Waals surface area contributed by atoms with Gasteiger partial charge in [-0.1, -0.05) is 29.8 Å². The predicted molar refractivity (Wildman–Crippen MR) is 134 cm³/mol. The SMILES string of the molecule is Cc1cccc(COc2c(I)cc(/C=N\NC(=O)c3ccc(C#N)cc3F)cc2I)c1. The summed E-state index contributed by atoms with van der Waals surface area (Å²) in [5, 5.41) is 12.7. The van der Waals surface area contributed by atoms with Gasteiger partial charge in [0, 0.05) is 0 Å². The van der Waals surface area contributed by atoms with Crippen LogP contribution in [0.2, 0.25) is 0 Å². The van der Waals surface area contributed by atoms with Crippen molar-refractivity contribution in [3.05, 3.63) is 95.4 Å². The van der Waals surface area contributed by atoms with Crippen LogP contribution < -0.4 is 10.2 Å². The molecule has 0 bridgehead atoms. The number of carbonyl (C=O) groups excluding carboxylic acids is 1. The van der Waals surface area contributed by atoms with Gasteiger partial charge in [0.05, 0.1) is 30.6 Å². The van der Waals surface area contributed by atoms with Crippen LogP contribution in [0.25, 0.3) is 0 Å². The molecule has 156 valence electrons. The van der Waals surface area contributed by atoms with Crippen molar-refractivity contribution in [2.75, 3.05) is 0 Å². The maximum absolute atomic E-state index is 13.9. The number of hydrogen-bond acceptors (Lipinski definition) is 4. The molecule has 0 aromatic heterocycles. The topological polar surface area (TPSA) is 74.5 Å². The summed E-state index contributed by atoms with van der Waals surface area (Å²) in [6, 6.07) is 17.4. The van der Waals surface area contributed by atoms with Crippen LogP contribution >= 0.6 is 45.2 Å². The maximum atomic E-state index is 13.9. The number of amides is 1. The van der Waals surface area contributed by atoms with Crippen LogP contribution in [0.15, 0.2) is 59.7 Å². The van der Waals surface area contributed by atoms with Gasteiger partial charge in [0.15, 0.2) is 0 Å². The van der Waals surface area contributed by atoms with Crippen molar-refractivity contribution >= 4 is 57.3 Å². The van der Waals surface area contributed by atoms with E-state index in [1.165, 1.54) is 23.9 Å². The van der Waals surface area contributed by atoms with E-state index in [0.717, 1.165) is 30.1 Å². The second-order valence-electron chi connectivity index (χ2n) is 6.60. The molecule has 5 nitrogen and oxygen atoms in total. The van der Waals surface area contributed by atoms with E-state index in [1.807, 2.05) is 43.3 Å². The van der Waals surface area contributed by atoms with Gasteiger partial charge in [-0.2, -0.15) is 10.4 Å². The first-order chi connectivity index (χ1) is 14.9. The molecule has 0 spiro atoms. The number of aryl methyl sites for hydroxylation is 1. The van der Waals surface area contributed by atoms with Gasteiger partial charge in [-0.25, -0.2) is 9.82 Å². The quantitative estimate of drug-likeness (QED) is 0.218. The van der Waals surface area contributed by atoms with Crippen LogP contribution in [0.5, 0.6) is 5.75 Å². The molecule has 0 saturated heterocycles. The first-order valence-corrected chi connectivity index (χ1v) is 11.2. The lowest BCUT2D eigenvalue weighted by molar-refractivity contribution is 0.0951. The third kappa shape index (κ3) is 6.24. The fourth-order valence-corrected chi connectivity index (χ4v) is 4.87. The standard InChI is InChI=1S/C23H16FI2N3O2/c1-14-3-2-4-16(7-14)13-31-22-20(25)9-17(10-21(22)26)12-28-29-23(30)18-6-5-15(11-27)8-19(18)24/h2-10,12H,13H2,1H3,(H,29,30)/b28-12-. The third-order valence-corrected chi connectivity index (χ3v) is 5.81. The van der Waals surface area contributed by atoms with E-state index in [9.17, 15) is 9.18 Å². The molecule has 0 aliphatic rings. The number of nitriles is 1. The lowest BCUT2D eigenvalue weighted by Gasteiger charge is -2.12. The number of nitrogens with zero attached hydrogens (tertiary/aromatic N) is 2. The fourth-order valence-electron chi connectivity index (χ4n) is 2.74. The molecule has 0 radical (unpaired) electrons. The molecule has 31 heavy (non-hydrogen) atoms. The number of nitrogens with one attached hydrogen (secondary N) is 1. The lowest BCUT2D eigenvalue weighted by Crippen LogP contribution is -2.19. The Bertz CT molecular complexity index is 1180. The van der Waals surface area contributed by atoms with E-state index in [2.05, 4.69) is 61.8 Å². The molecular weight excluding hydrogens is 623 g/mol. The van der Waals surface area contributed by atoms with Crippen LogP contribution in [-0.2, 0) is 6.61 Å². The van der Waals surface area contributed by atoms with Gasteiger partial charge < -0.3 is 4.74 Å². The lowest BCUT2D eigenvalue weighted by atomic mass is 10.1. The fraction of sp³-hybridized carbons (Fsp3) is 0.0870. The molecule has 3 aromatic rings. The second-order valence-corrected chi connectivity index (χ2v) is 8.92. The van der Waals surface area contributed by atoms with Crippen molar-refractivity contribution in [3.8, 4) is 11.8 Å². The number of rotatable bonds is 6. The van der Waals surface area contributed by atoms with Crippen molar-refractivity contribution in [2.45, 2.75) is 13.5 Å². The summed E-state index contributed by atoms with van der Waals surface area (Å²) in [5.41, 5.74) is 5.30. The highest BCUT2D eigenvalue weighted by molar-refractivity contribution is 14.1. The molecule has 0 fully saturated rings. The third-order valence-electron chi connectivity index (χ3n) is 4.21. The van der Waals surface area contributed by atoms with Gasteiger partial charge in [-0.05, 0) is 93.6 Å². The summed E-state index contributed by atoms with van der Waals surface area (Å²) in [4.78, 5) is 12.1. The number of benzene rings is 3. The molecule has 0 saturated carbocycles. The van der Waals surface area contributed by atoms with Crippen LogP contribution in [0, 0.1) is 31.2 Å². The molecule has 0 unspecified atom stereocenters. The molecule has 3 rings (SSSR count). The highest BCUT2D eigenvalue weighted by Crippen LogP contribution is 2.29. The van der Waals surface area contributed by atoms with Gasteiger partial charge in [0.1, 0.15) is 18.2 Å². The minimum Gasteiger partial charge on any atom is -0.487 e. The van der Waals surface area contributed by atoms with Crippen molar-refractivity contribution in [1.29, 1.82) is 5.26 Å². The number of hydrogen-bond donors (Lipinski definition) is 1. The van der Waals surface area contributed by atoms with Crippen LogP contribution in [0.3, 0.4) is 0 Å². The summed E-state index contributed by atoms with van der Waals surface area (Å²) in [6.07, 6.45) is 1.48. The summed E-state index contributed by atoms with van der Waals surface area (Å²) < 4.78 is 21.7. The van der Waals surface area contributed by atoms with Gasteiger partial charge in [-0.3, -0.25) is 4.79 Å². The number of carbonyl (C=O) groups is 1. The Hall–Kier alpha value is -2.52. The molecule has 8 heteroatoms. The first kappa shape index (κ1) is 23.1. The Morgan fingerprint density at radius 1 is 1.19 bits per heavy atom. The van der Waals surface area contributed by atoms with E-state index in [1.54, 1.807) is 0 Å². The number of ether oxygens (including phenoxy) is 1. The van der Waals surface area contributed by atoms with Crippen molar-refractivity contribution in [3.63, 3.8) is 0 Å². The molecule has 3 aromatic carbocycles. The van der Waals surface area contributed by atoms with Gasteiger partial charge in [0.25, 0.3) is 5.91 Å². The molecular formula is C23H16FI2N3O2. The average Bonchev–Trinajstić information content (AvgIpc) is 2.73. The Balaban J connectivity index is 1.66. The Labute approximate surface area is 206 Å². The van der Waals surface area contributed by atoms with E-state index < -0.39 is 11.7 Å². The Kier molecular flexibility index (Phi) is 7.97. The van der Waals surface area contributed by atoms with E-state index in [4.69, 9.17) is 10.00 Å². The van der Waals surface area contributed by atoms with Crippen molar-refractivity contribution in [2.24, 2.45) is 5.10 Å². The molecule has 1 amide bonds. The molecule has 0 aliphatic heterocycles. The zero-order chi connectivity index (χ0) is 22.4. The molecule has 0 atom stereocenters. The van der Waals surface area contributed by atoms with Crippen LogP contribution in [-0.4, -0.2) is 12.1 Å². The van der Waals surface area contributed by atoms with Gasteiger partial charge >= 0.3 is 0 Å². The van der Waals surface area contributed by atoms with Crippen LogP contribution in [0.1, 0.15) is 32.6 Å². The van der Waals surface area contributed by atoms with E-state index in [0.29, 0.717) is 6.61 Å². The predicted octanol–water partition coefficient (Wildman–Crippen LogP) is 5.56. The Morgan fingerprint density at radius 3 is 2.58 bits per heavy atom. The molecule has 0 aliphatic carbocycles. The van der Waals surface area contributed by atoms with Gasteiger partial charge in [-0.15, -0.1) is 0 Å². The highest BCUT2D eigenvalue weighted by atomic mass is 127. The summed E-state index contributed by atoms with van der Waals surface area (Å²) in [7, 11) is 0. The summed E-state index contributed by atoms with van der Waals surface area (Å²) in [6.45, 7) is 2.51. The smallest absolute Gasteiger partial charge is 0.274 e. The number of hydrazone groups is 1. The highest BCUT2D eigenvalue weighted by Gasteiger charge is 2.12. The monoisotopic (exact) mass is 639 g/mol. The first-order valence-electron chi connectivity index (χ1n) is 9.08. The largest absolute Gasteiger partial charge is 0.487 e. The zero-order valence-electron chi connectivity index (χ0n) is 16.3. The summed E-state index contributed by atoms with van der Waals surface area (Å²) >= 11 is 4.38. The average molecular weight is 639 g/mol. The minimum atomic E-state index is -0.772. The zero-order valence-corrected chi connectivity index (χ0v) is 20.6. The van der Waals surface area contributed by atoms with Crippen LogP contribution in [0.4, 0.5) is 4.39 Å². The van der Waals surface area contributed by atoms with Crippen molar-refractivity contribution in [1.82, 2.24) is 5.43 Å².